The van der Waals surface area contributed by atoms with E-state index in [9.17, 15) is 21.6 Å². The summed E-state index contributed by atoms with van der Waals surface area (Å²) in [5.74, 6) is 1.45. The van der Waals surface area contributed by atoms with Crippen molar-refractivity contribution in [2.75, 3.05) is 11.9 Å². The van der Waals surface area contributed by atoms with Crippen molar-refractivity contribution in [3.05, 3.63) is 35.1 Å². The first-order valence-corrected chi connectivity index (χ1v) is 11.3. The second-order valence-electron chi connectivity index (χ2n) is 6.56. The van der Waals surface area contributed by atoms with Crippen molar-refractivity contribution in [3.63, 3.8) is 0 Å². The average molecular weight is 479 g/mol. The second-order valence-corrected chi connectivity index (χ2v) is 10.0. The normalized spacial score (nSPS) is 14.8. The third kappa shape index (κ3) is 4.91. The lowest BCUT2D eigenvalue weighted by Crippen LogP contribution is -2.33. The lowest BCUT2D eigenvalue weighted by Gasteiger charge is -2.07. The van der Waals surface area contributed by atoms with Crippen LogP contribution in [-0.2, 0) is 10.0 Å². The number of nitrogens with zero attached hydrogens (tertiary/aromatic N) is 3. The number of alkyl halides is 3. The maximum atomic E-state index is 12.3. The first-order valence-electron chi connectivity index (χ1n) is 8.62. The molecule has 0 aromatic carbocycles. The van der Waals surface area contributed by atoms with E-state index < -0.39 is 22.7 Å². The number of sulfonamides is 1. The van der Waals surface area contributed by atoms with Crippen LogP contribution >= 0.6 is 22.9 Å². The molecule has 4 rings (SSSR count). The molecule has 0 atom stereocenters. The van der Waals surface area contributed by atoms with Gasteiger partial charge in [-0.05, 0) is 25.0 Å². The molecule has 0 bridgehead atoms. The van der Waals surface area contributed by atoms with Crippen LogP contribution in [-0.4, -0.2) is 41.3 Å². The molecule has 0 unspecified atom stereocenters. The highest BCUT2D eigenvalue weighted by molar-refractivity contribution is 7.91. The van der Waals surface area contributed by atoms with Gasteiger partial charge in [-0.15, -0.1) is 11.3 Å². The van der Waals surface area contributed by atoms with Crippen LogP contribution in [0.25, 0.3) is 10.7 Å². The Morgan fingerprint density at radius 3 is 2.77 bits per heavy atom. The number of halogens is 4. The number of nitrogens with one attached hydrogen (secondary N) is 3. The molecule has 0 aliphatic heterocycles. The van der Waals surface area contributed by atoms with Crippen LogP contribution in [0.2, 0.25) is 5.02 Å². The quantitative estimate of drug-likeness (QED) is 0.472. The van der Waals surface area contributed by atoms with Crippen LogP contribution in [0.5, 0.6) is 0 Å². The Labute approximate surface area is 178 Å². The predicted molar refractivity (Wildman–Crippen MR) is 105 cm³/mol. The van der Waals surface area contributed by atoms with E-state index in [1.165, 1.54) is 23.1 Å². The summed E-state index contributed by atoms with van der Waals surface area (Å²) >= 11 is 6.89. The molecule has 14 heteroatoms. The number of aromatic nitrogens is 4. The van der Waals surface area contributed by atoms with Gasteiger partial charge in [-0.25, -0.2) is 23.1 Å². The largest absolute Gasteiger partial charge is 0.402 e. The average Bonchev–Trinajstić information content (AvgIpc) is 3.21. The van der Waals surface area contributed by atoms with E-state index in [1.54, 1.807) is 0 Å². The minimum Gasteiger partial charge on any atom is -0.322 e. The van der Waals surface area contributed by atoms with E-state index >= 15 is 0 Å². The van der Waals surface area contributed by atoms with Crippen molar-refractivity contribution in [1.82, 2.24) is 24.9 Å². The Morgan fingerprint density at radius 1 is 1.30 bits per heavy atom. The van der Waals surface area contributed by atoms with Gasteiger partial charge in [0.1, 0.15) is 15.8 Å². The SMILES string of the molecule is O=S(=O)(NCC(F)(F)F)c1ccc(-c2ncc(Cl)c(Nc3cc(C4CC4)[nH]n3)n2)s1. The summed E-state index contributed by atoms with van der Waals surface area (Å²) in [5.41, 5.74) is 1.02. The molecular formula is C16H14ClF3N6O2S2. The molecule has 1 saturated carbocycles. The fraction of sp³-hybridized carbons (Fsp3) is 0.312. The van der Waals surface area contributed by atoms with Gasteiger partial charge in [0.15, 0.2) is 17.5 Å². The summed E-state index contributed by atoms with van der Waals surface area (Å²) in [7, 11) is -4.31. The van der Waals surface area contributed by atoms with Crippen molar-refractivity contribution in [1.29, 1.82) is 0 Å². The molecule has 1 fully saturated rings. The summed E-state index contributed by atoms with van der Waals surface area (Å²) in [5, 5.41) is 10.3. The van der Waals surface area contributed by atoms with Gasteiger partial charge in [0.25, 0.3) is 0 Å². The van der Waals surface area contributed by atoms with Crippen molar-refractivity contribution < 1.29 is 21.6 Å². The van der Waals surface area contributed by atoms with Crippen LogP contribution < -0.4 is 10.0 Å². The maximum absolute atomic E-state index is 12.3. The highest BCUT2D eigenvalue weighted by Crippen LogP contribution is 2.40. The molecule has 8 nitrogen and oxygen atoms in total. The second kappa shape index (κ2) is 7.80. The topological polar surface area (TPSA) is 113 Å². The van der Waals surface area contributed by atoms with Crippen LogP contribution in [0, 0.1) is 0 Å². The summed E-state index contributed by atoms with van der Waals surface area (Å²) in [6.45, 7) is -1.65. The summed E-state index contributed by atoms with van der Waals surface area (Å²) in [4.78, 5) is 8.72. The van der Waals surface area contributed by atoms with E-state index in [4.69, 9.17) is 11.6 Å². The van der Waals surface area contributed by atoms with Gasteiger partial charge in [0, 0.05) is 17.7 Å². The lowest BCUT2D eigenvalue weighted by molar-refractivity contribution is -0.121. The number of aromatic amines is 1. The van der Waals surface area contributed by atoms with Crippen molar-refractivity contribution in [2.24, 2.45) is 0 Å². The van der Waals surface area contributed by atoms with Crippen LogP contribution in [0.3, 0.4) is 0 Å². The Balaban J connectivity index is 1.53. The molecule has 0 spiro atoms. The first-order chi connectivity index (χ1) is 14.1. The Morgan fingerprint density at radius 2 is 2.07 bits per heavy atom. The number of anilines is 2. The fourth-order valence-corrected chi connectivity index (χ4v) is 4.98. The molecule has 0 amide bonds. The van der Waals surface area contributed by atoms with Gasteiger partial charge in [-0.1, -0.05) is 11.6 Å². The number of H-pyrrole nitrogens is 1. The van der Waals surface area contributed by atoms with Crippen molar-refractivity contribution in [2.45, 2.75) is 29.1 Å². The van der Waals surface area contributed by atoms with Crippen LogP contribution in [0.4, 0.5) is 24.8 Å². The molecule has 3 N–H and O–H groups in total. The standard InChI is InChI=1S/C16H14ClF3N6O2S2/c17-9-6-21-15(24-14(9)23-12-5-10(25-26-12)8-1-2-8)11-3-4-13(29-11)30(27,28)22-7-16(18,19)20/h3-6,8,22H,1-2,7H2,(H2,21,23,24,25,26). The molecule has 3 heterocycles. The summed E-state index contributed by atoms with van der Waals surface area (Å²) in [6, 6.07) is 4.47. The van der Waals surface area contributed by atoms with Gasteiger partial charge in [-0.2, -0.15) is 18.3 Å². The fourth-order valence-electron chi connectivity index (χ4n) is 2.53. The van der Waals surface area contributed by atoms with Gasteiger partial charge < -0.3 is 5.32 Å². The first kappa shape index (κ1) is 21.0. The van der Waals surface area contributed by atoms with Crippen molar-refractivity contribution in [3.8, 4) is 10.7 Å². The smallest absolute Gasteiger partial charge is 0.322 e. The van der Waals surface area contributed by atoms with Crippen LogP contribution in [0.1, 0.15) is 24.5 Å². The summed E-state index contributed by atoms with van der Waals surface area (Å²) in [6.07, 6.45) is -1.09. The molecular weight excluding hydrogens is 465 g/mol. The third-order valence-electron chi connectivity index (χ3n) is 4.13. The van der Waals surface area contributed by atoms with E-state index in [0.717, 1.165) is 29.9 Å². The van der Waals surface area contributed by atoms with E-state index in [1.807, 2.05) is 6.07 Å². The molecule has 3 aromatic heterocycles. The molecule has 0 saturated heterocycles. The highest BCUT2D eigenvalue weighted by Gasteiger charge is 2.31. The van der Waals surface area contributed by atoms with E-state index in [2.05, 4.69) is 25.5 Å². The summed E-state index contributed by atoms with van der Waals surface area (Å²) < 4.78 is 62.3. The van der Waals surface area contributed by atoms with Gasteiger partial charge in [-0.3, -0.25) is 5.10 Å². The van der Waals surface area contributed by atoms with Gasteiger partial charge in [0.05, 0.1) is 11.1 Å². The van der Waals surface area contributed by atoms with Gasteiger partial charge >= 0.3 is 6.18 Å². The zero-order chi connectivity index (χ0) is 21.5. The predicted octanol–water partition coefficient (Wildman–Crippen LogP) is 4.04. The highest BCUT2D eigenvalue weighted by atomic mass is 35.5. The zero-order valence-corrected chi connectivity index (χ0v) is 17.4. The Hall–Kier alpha value is -2.22. The van der Waals surface area contributed by atoms with Gasteiger partial charge in [0.2, 0.25) is 10.0 Å². The van der Waals surface area contributed by atoms with Crippen molar-refractivity contribution >= 4 is 44.6 Å². The third-order valence-corrected chi connectivity index (χ3v) is 7.39. The molecule has 1 aliphatic carbocycles. The molecule has 1 aliphatic rings. The number of hydrogen-bond acceptors (Lipinski definition) is 7. The molecule has 3 aromatic rings. The maximum Gasteiger partial charge on any atom is 0.402 e. The van der Waals surface area contributed by atoms with E-state index in [0.29, 0.717) is 16.6 Å². The molecule has 30 heavy (non-hydrogen) atoms. The number of rotatable bonds is 7. The number of hydrogen-bond donors (Lipinski definition) is 3. The minimum absolute atomic E-state index is 0.169. The molecule has 160 valence electrons. The molecule has 0 radical (unpaired) electrons. The van der Waals surface area contributed by atoms with E-state index in [-0.39, 0.29) is 20.9 Å². The zero-order valence-electron chi connectivity index (χ0n) is 15.0. The Kier molecular flexibility index (Phi) is 5.46. The lowest BCUT2D eigenvalue weighted by atomic mass is 10.3. The monoisotopic (exact) mass is 478 g/mol. The minimum atomic E-state index is -4.65. The Bertz CT molecular complexity index is 1170. The van der Waals surface area contributed by atoms with Crippen LogP contribution in [0.15, 0.2) is 28.6 Å². The number of thiophene rings is 1.